The highest BCUT2D eigenvalue weighted by atomic mass is 32.2. The molecular formula is C13H30N2O2S. The molecule has 0 aliphatic heterocycles. The Kier molecular flexibility index (Phi) is 11.8. The quantitative estimate of drug-likeness (QED) is 0.508. The van der Waals surface area contributed by atoms with Gasteiger partial charge in [-0.25, -0.2) is 13.1 Å². The SMILES string of the molecule is CCCCCCNS(=O)(=O)CCCCNCCC. The molecule has 2 N–H and O–H groups in total. The average Bonchev–Trinajstić information content (AvgIpc) is 2.33. The molecule has 4 nitrogen and oxygen atoms in total. The molecule has 0 aromatic carbocycles. The molecule has 0 aromatic rings. The lowest BCUT2D eigenvalue weighted by Gasteiger charge is -2.07. The Morgan fingerprint density at radius 1 is 0.778 bits per heavy atom. The smallest absolute Gasteiger partial charge is 0.211 e. The highest BCUT2D eigenvalue weighted by molar-refractivity contribution is 7.89. The van der Waals surface area contributed by atoms with E-state index in [1.54, 1.807) is 0 Å². The van der Waals surface area contributed by atoms with Crippen LogP contribution in [0.15, 0.2) is 0 Å². The van der Waals surface area contributed by atoms with E-state index in [0.717, 1.165) is 45.2 Å². The van der Waals surface area contributed by atoms with Gasteiger partial charge in [-0.15, -0.1) is 0 Å². The minimum atomic E-state index is -3.04. The molecule has 0 radical (unpaired) electrons. The Balaban J connectivity index is 3.43. The lowest BCUT2D eigenvalue weighted by molar-refractivity contribution is 0.566. The first-order chi connectivity index (χ1) is 8.62. The zero-order chi connectivity index (χ0) is 13.7. The molecule has 0 rings (SSSR count). The zero-order valence-electron chi connectivity index (χ0n) is 12.0. The molecule has 0 aliphatic rings. The molecule has 0 aliphatic carbocycles. The first kappa shape index (κ1) is 17.9. The Hall–Kier alpha value is -0.130. The molecule has 0 atom stereocenters. The molecule has 0 amide bonds. The summed E-state index contributed by atoms with van der Waals surface area (Å²) in [5.74, 6) is 0.259. The van der Waals surface area contributed by atoms with Crippen LogP contribution in [-0.4, -0.2) is 33.8 Å². The molecule has 110 valence electrons. The molecule has 0 heterocycles. The number of rotatable bonds is 13. The lowest BCUT2D eigenvalue weighted by Crippen LogP contribution is -2.27. The van der Waals surface area contributed by atoms with E-state index in [4.69, 9.17) is 0 Å². The van der Waals surface area contributed by atoms with Crippen molar-refractivity contribution in [3.63, 3.8) is 0 Å². The summed E-state index contributed by atoms with van der Waals surface area (Å²) < 4.78 is 25.9. The Bertz CT molecular complexity index is 266. The van der Waals surface area contributed by atoms with Gasteiger partial charge < -0.3 is 5.32 Å². The van der Waals surface area contributed by atoms with Crippen molar-refractivity contribution in [2.45, 2.75) is 58.8 Å². The van der Waals surface area contributed by atoms with Crippen molar-refractivity contribution >= 4 is 10.0 Å². The second-order valence-corrected chi connectivity index (χ2v) is 6.66. The van der Waals surface area contributed by atoms with Crippen molar-refractivity contribution in [1.82, 2.24) is 10.0 Å². The molecule has 0 unspecified atom stereocenters. The topological polar surface area (TPSA) is 58.2 Å². The van der Waals surface area contributed by atoms with Gasteiger partial charge in [-0.2, -0.15) is 0 Å². The van der Waals surface area contributed by atoms with Gasteiger partial charge in [-0.3, -0.25) is 0 Å². The van der Waals surface area contributed by atoms with E-state index in [1.807, 2.05) is 0 Å². The van der Waals surface area contributed by atoms with E-state index < -0.39 is 10.0 Å². The molecule has 18 heavy (non-hydrogen) atoms. The van der Waals surface area contributed by atoms with Crippen LogP contribution in [0.3, 0.4) is 0 Å². The van der Waals surface area contributed by atoms with Crippen LogP contribution in [0.4, 0.5) is 0 Å². The second kappa shape index (κ2) is 11.9. The van der Waals surface area contributed by atoms with E-state index in [0.29, 0.717) is 6.54 Å². The molecule has 0 fully saturated rings. The van der Waals surface area contributed by atoms with Crippen molar-refractivity contribution in [3.05, 3.63) is 0 Å². The predicted octanol–water partition coefficient (Wildman–Crippen LogP) is 2.27. The van der Waals surface area contributed by atoms with Crippen LogP contribution in [-0.2, 0) is 10.0 Å². The summed E-state index contributed by atoms with van der Waals surface area (Å²) in [7, 11) is -3.04. The summed E-state index contributed by atoms with van der Waals surface area (Å²) in [5, 5.41) is 3.27. The van der Waals surface area contributed by atoms with Gasteiger partial charge in [0, 0.05) is 6.54 Å². The van der Waals surface area contributed by atoms with Crippen molar-refractivity contribution in [1.29, 1.82) is 0 Å². The standard InChI is InChI=1S/C13H30N2O2S/c1-3-5-6-7-12-15-18(16,17)13-9-8-11-14-10-4-2/h14-15H,3-13H2,1-2H3. The van der Waals surface area contributed by atoms with Gasteiger partial charge in [0.25, 0.3) is 0 Å². The minimum absolute atomic E-state index is 0.259. The third kappa shape index (κ3) is 12.3. The number of hydrogen-bond acceptors (Lipinski definition) is 3. The summed E-state index contributed by atoms with van der Waals surface area (Å²) in [6, 6.07) is 0. The highest BCUT2D eigenvalue weighted by Crippen LogP contribution is 1.99. The maximum atomic E-state index is 11.6. The van der Waals surface area contributed by atoms with Gasteiger partial charge in [-0.05, 0) is 38.8 Å². The van der Waals surface area contributed by atoms with E-state index in [-0.39, 0.29) is 5.75 Å². The van der Waals surface area contributed by atoms with E-state index >= 15 is 0 Å². The molecule has 0 aromatic heterocycles. The number of hydrogen-bond donors (Lipinski definition) is 2. The van der Waals surface area contributed by atoms with Gasteiger partial charge in [0.05, 0.1) is 5.75 Å². The van der Waals surface area contributed by atoms with Crippen molar-refractivity contribution in [2.24, 2.45) is 0 Å². The Morgan fingerprint density at radius 3 is 2.17 bits per heavy atom. The predicted molar refractivity (Wildman–Crippen MR) is 78.3 cm³/mol. The molecular weight excluding hydrogens is 248 g/mol. The summed E-state index contributed by atoms with van der Waals surface area (Å²) in [6.45, 7) is 6.80. The van der Waals surface area contributed by atoms with Crippen molar-refractivity contribution in [2.75, 3.05) is 25.4 Å². The number of sulfonamides is 1. The third-order valence-corrected chi connectivity index (χ3v) is 4.27. The van der Waals surface area contributed by atoms with Gasteiger partial charge in [-0.1, -0.05) is 33.1 Å². The van der Waals surface area contributed by atoms with Crippen LogP contribution in [0.2, 0.25) is 0 Å². The molecule has 0 saturated heterocycles. The van der Waals surface area contributed by atoms with Crippen LogP contribution in [0.25, 0.3) is 0 Å². The second-order valence-electron chi connectivity index (χ2n) is 4.73. The van der Waals surface area contributed by atoms with Crippen LogP contribution >= 0.6 is 0 Å². The maximum absolute atomic E-state index is 11.6. The normalized spacial score (nSPS) is 11.9. The molecule has 0 bridgehead atoms. The average molecular weight is 278 g/mol. The zero-order valence-corrected chi connectivity index (χ0v) is 12.8. The van der Waals surface area contributed by atoms with Crippen LogP contribution < -0.4 is 10.0 Å². The van der Waals surface area contributed by atoms with Crippen LogP contribution in [0.1, 0.15) is 58.8 Å². The van der Waals surface area contributed by atoms with Gasteiger partial charge in [0.1, 0.15) is 0 Å². The highest BCUT2D eigenvalue weighted by Gasteiger charge is 2.08. The fraction of sp³-hybridized carbons (Fsp3) is 1.00. The number of unbranched alkanes of at least 4 members (excludes halogenated alkanes) is 4. The van der Waals surface area contributed by atoms with Gasteiger partial charge >= 0.3 is 0 Å². The van der Waals surface area contributed by atoms with Crippen LogP contribution in [0.5, 0.6) is 0 Å². The third-order valence-electron chi connectivity index (χ3n) is 2.80. The molecule has 0 saturated carbocycles. The minimum Gasteiger partial charge on any atom is -0.317 e. The maximum Gasteiger partial charge on any atom is 0.211 e. The fourth-order valence-electron chi connectivity index (χ4n) is 1.70. The van der Waals surface area contributed by atoms with Crippen molar-refractivity contribution < 1.29 is 8.42 Å². The first-order valence-electron chi connectivity index (χ1n) is 7.30. The summed E-state index contributed by atoms with van der Waals surface area (Å²) in [4.78, 5) is 0. The van der Waals surface area contributed by atoms with Crippen LogP contribution in [0, 0.1) is 0 Å². The summed E-state index contributed by atoms with van der Waals surface area (Å²) in [5.41, 5.74) is 0. The molecule has 0 spiro atoms. The Morgan fingerprint density at radius 2 is 1.50 bits per heavy atom. The largest absolute Gasteiger partial charge is 0.317 e. The summed E-state index contributed by atoms with van der Waals surface area (Å²) >= 11 is 0. The lowest BCUT2D eigenvalue weighted by atomic mass is 10.2. The monoisotopic (exact) mass is 278 g/mol. The summed E-state index contributed by atoms with van der Waals surface area (Å²) in [6.07, 6.45) is 7.21. The van der Waals surface area contributed by atoms with E-state index in [2.05, 4.69) is 23.9 Å². The van der Waals surface area contributed by atoms with Gasteiger partial charge in [0.15, 0.2) is 0 Å². The Labute approximate surface area is 113 Å². The number of nitrogens with one attached hydrogen (secondary N) is 2. The molecule has 5 heteroatoms. The van der Waals surface area contributed by atoms with Crippen molar-refractivity contribution in [3.8, 4) is 0 Å². The van der Waals surface area contributed by atoms with E-state index in [1.165, 1.54) is 12.8 Å². The van der Waals surface area contributed by atoms with E-state index in [9.17, 15) is 8.42 Å². The van der Waals surface area contributed by atoms with Gasteiger partial charge in [0.2, 0.25) is 10.0 Å². The first-order valence-corrected chi connectivity index (χ1v) is 8.95. The fourth-order valence-corrected chi connectivity index (χ4v) is 2.88.